The number of likely N-dealkylation sites (N-methyl/N-ethyl adjacent to an activating group) is 1. The summed E-state index contributed by atoms with van der Waals surface area (Å²) in [6.07, 6.45) is 0. The molecule has 3 aromatic rings. The number of amides is 2. The molecule has 0 bridgehead atoms. The van der Waals surface area contributed by atoms with E-state index in [0.29, 0.717) is 60.3 Å². The van der Waals surface area contributed by atoms with E-state index in [1.54, 1.807) is 56.5 Å². The third-order valence-corrected chi connectivity index (χ3v) is 7.97. The highest BCUT2D eigenvalue weighted by molar-refractivity contribution is 6.02. The predicted octanol–water partition coefficient (Wildman–Crippen LogP) is 4.12. The van der Waals surface area contributed by atoms with Crippen molar-refractivity contribution in [2.75, 3.05) is 66.6 Å². The Morgan fingerprint density at radius 2 is 1.37 bits per heavy atom. The zero-order chi connectivity index (χ0) is 29.3. The highest BCUT2D eigenvalue weighted by Crippen LogP contribution is 2.47. The van der Waals surface area contributed by atoms with Crippen molar-refractivity contribution in [2.24, 2.45) is 0 Å². The summed E-state index contributed by atoms with van der Waals surface area (Å²) in [6.45, 7) is 2.15. The Kier molecular flexibility index (Phi) is 7.92. The fourth-order valence-electron chi connectivity index (χ4n) is 5.80. The molecule has 0 unspecified atom stereocenters. The minimum Gasteiger partial charge on any atom is -0.493 e. The maximum Gasteiger partial charge on any atom is 0.254 e. The molecule has 216 valence electrons. The molecule has 1 saturated heterocycles. The van der Waals surface area contributed by atoms with E-state index in [0.717, 1.165) is 11.3 Å². The Balaban J connectivity index is 1.55. The van der Waals surface area contributed by atoms with Crippen LogP contribution in [0.5, 0.6) is 23.0 Å². The normalized spacial score (nSPS) is 18.6. The minimum absolute atomic E-state index is 0.101. The summed E-state index contributed by atoms with van der Waals surface area (Å²) >= 11 is 0. The van der Waals surface area contributed by atoms with Gasteiger partial charge in [-0.25, -0.2) is 4.39 Å². The van der Waals surface area contributed by atoms with Crippen LogP contribution in [-0.4, -0.2) is 83.3 Å². The Labute approximate surface area is 239 Å². The van der Waals surface area contributed by atoms with Gasteiger partial charge in [-0.05, 0) is 59.7 Å². The maximum absolute atomic E-state index is 14.5. The monoisotopic (exact) mass is 563 g/mol. The molecule has 10 heteroatoms. The second kappa shape index (κ2) is 11.6. The van der Waals surface area contributed by atoms with Crippen molar-refractivity contribution in [1.82, 2.24) is 9.80 Å². The molecule has 1 fully saturated rings. The summed E-state index contributed by atoms with van der Waals surface area (Å²) < 4.78 is 35.5. The first-order valence-electron chi connectivity index (χ1n) is 13.4. The molecular formula is C31H34FN3O6. The van der Waals surface area contributed by atoms with Gasteiger partial charge in [0.15, 0.2) is 23.0 Å². The Bertz CT molecular complexity index is 1440. The summed E-state index contributed by atoms with van der Waals surface area (Å²) in [5.74, 6) is 0.566. The van der Waals surface area contributed by atoms with Gasteiger partial charge in [-0.15, -0.1) is 0 Å². The lowest BCUT2D eigenvalue weighted by atomic mass is 9.78. The van der Waals surface area contributed by atoms with E-state index >= 15 is 0 Å². The molecule has 0 spiro atoms. The van der Waals surface area contributed by atoms with Gasteiger partial charge in [-0.1, -0.05) is 6.07 Å². The lowest BCUT2D eigenvalue weighted by molar-refractivity contribution is -0.134. The second-order valence-corrected chi connectivity index (χ2v) is 10.0. The average molecular weight is 564 g/mol. The molecule has 0 aromatic heterocycles. The lowest BCUT2D eigenvalue weighted by Crippen LogP contribution is -2.53. The number of benzene rings is 3. The van der Waals surface area contributed by atoms with E-state index in [9.17, 15) is 14.0 Å². The number of piperazine rings is 1. The van der Waals surface area contributed by atoms with Crippen LogP contribution in [0.3, 0.4) is 0 Å². The molecule has 2 aliphatic heterocycles. The molecule has 2 amide bonds. The first kappa shape index (κ1) is 28.1. The van der Waals surface area contributed by atoms with Crippen LogP contribution >= 0.6 is 0 Å². The van der Waals surface area contributed by atoms with Gasteiger partial charge in [-0.2, -0.15) is 0 Å². The van der Waals surface area contributed by atoms with Crippen LogP contribution in [0.15, 0.2) is 54.6 Å². The zero-order valence-corrected chi connectivity index (χ0v) is 23.8. The third-order valence-electron chi connectivity index (χ3n) is 7.97. The number of rotatable bonds is 7. The van der Waals surface area contributed by atoms with Crippen molar-refractivity contribution in [3.63, 3.8) is 0 Å². The van der Waals surface area contributed by atoms with Crippen LogP contribution in [0.25, 0.3) is 0 Å². The molecule has 9 nitrogen and oxygen atoms in total. The molecular weight excluding hydrogens is 529 g/mol. The third kappa shape index (κ3) is 5.10. The topological polar surface area (TPSA) is 80.8 Å². The summed E-state index contributed by atoms with van der Waals surface area (Å²) in [4.78, 5) is 33.8. The molecule has 41 heavy (non-hydrogen) atoms. The van der Waals surface area contributed by atoms with Crippen molar-refractivity contribution in [3.05, 3.63) is 77.1 Å². The number of carbonyl (C=O) groups is 2. The molecule has 3 aromatic carbocycles. The average Bonchev–Trinajstić information content (AvgIpc) is 3.01. The summed E-state index contributed by atoms with van der Waals surface area (Å²) in [5.41, 5.74) is 2.62. The van der Waals surface area contributed by atoms with E-state index in [2.05, 4.69) is 4.90 Å². The quantitative estimate of drug-likeness (QED) is 0.428. The fourth-order valence-corrected chi connectivity index (χ4v) is 5.80. The smallest absolute Gasteiger partial charge is 0.254 e. The molecule has 0 aliphatic carbocycles. The first-order valence-corrected chi connectivity index (χ1v) is 13.4. The molecule has 0 radical (unpaired) electrons. The Hall–Kier alpha value is -4.47. The van der Waals surface area contributed by atoms with E-state index in [4.69, 9.17) is 18.9 Å². The molecule has 2 atom stereocenters. The van der Waals surface area contributed by atoms with Gasteiger partial charge in [0.05, 0.1) is 40.4 Å². The Morgan fingerprint density at radius 1 is 0.780 bits per heavy atom. The predicted molar refractivity (Wildman–Crippen MR) is 152 cm³/mol. The number of hydrogen-bond acceptors (Lipinski definition) is 7. The molecule has 2 aliphatic rings. The first-order chi connectivity index (χ1) is 19.8. The van der Waals surface area contributed by atoms with E-state index in [1.165, 1.54) is 26.4 Å². The highest BCUT2D eigenvalue weighted by Gasteiger charge is 2.45. The van der Waals surface area contributed by atoms with Crippen LogP contribution in [0.2, 0.25) is 0 Å². The SMILES string of the molecule is COc1ccc([C@H]2[C@@H](C(=O)N3CCN(c4ccc(F)cc4)CC3)c3cc(OC)c(OC)cc3C(=O)N2C)cc1OC. The van der Waals surface area contributed by atoms with Gasteiger partial charge >= 0.3 is 0 Å². The molecule has 0 N–H and O–H groups in total. The molecule has 5 rings (SSSR count). The van der Waals surface area contributed by atoms with Gasteiger partial charge in [-0.3, -0.25) is 9.59 Å². The van der Waals surface area contributed by atoms with Gasteiger partial charge in [0.2, 0.25) is 5.91 Å². The highest BCUT2D eigenvalue weighted by atomic mass is 19.1. The van der Waals surface area contributed by atoms with E-state index in [1.807, 2.05) is 17.0 Å². The summed E-state index contributed by atoms with van der Waals surface area (Å²) in [5, 5.41) is 0. The molecule has 2 heterocycles. The van der Waals surface area contributed by atoms with Crippen LogP contribution in [0.1, 0.15) is 33.4 Å². The van der Waals surface area contributed by atoms with Gasteiger partial charge in [0.25, 0.3) is 5.91 Å². The number of halogens is 1. The molecule has 0 saturated carbocycles. The number of hydrogen-bond donors (Lipinski definition) is 0. The van der Waals surface area contributed by atoms with E-state index in [-0.39, 0.29) is 17.6 Å². The van der Waals surface area contributed by atoms with Crippen molar-refractivity contribution >= 4 is 17.5 Å². The van der Waals surface area contributed by atoms with Crippen LogP contribution in [0, 0.1) is 5.82 Å². The standard InChI is InChI=1S/C31H34FN3O6/c1-33-29(19-6-11-24(38-2)25(16-19)39-3)28(22-17-26(40-4)27(41-5)18-23(22)30(33)36)31(37)35-14-12-34(13-15-35)21-9-7-20(32)8-10-21/h6-11,16-18,28-29H,12-15H2,1-5H3/t28-,29-/m0/s1. The van der Waals surface area contributed by atoms with Crippen molar-refractivity contribution < 1.29 is 32.9 Å². The number of fused-ring (bicyclic) bond motifs is 1. The van der Waals surface area contributed by atoms with Crippen LogP contribution < -0.4 is 23.8 Å². The zero-order valence-electron chi connectivity index (χ0n) is 23.8. The van der Waals surface area contributed by atoms with Gasteiger partial charge in [0.1, 0.15) is 5.82 Å². The van der Waals surface area contributed by atoms with Crippen molar-refractivity contribution in [1.29, 1.82) is 0 Å². The Morgan fingerprint density at radius 3 is 1.98 bits per heavy atom. The van der Waals surface area contributed by atoms with Gasteiger partial charge < -0.3 is 33.6 Å². The summed E-state index contributed by atoms with van der Waals surface area (Å²) in [6, 6.07) is 14.6. The number of nitrogens with zero attached hydrogens (tertiary/aromatic N) is 3. The fraction of sp³-hybridized carbons (Fsp3) is 0.355. The lowest BCUT2D eigenvalue weighted by Gasteiger charge is -2.43. The van der Waals surface area contributed by atoms with Gasteiger partial charge in [0, 0.05) is 44.5 Å². The number of anilines is 1. The maximum atomic E-state index is 14.5. The minimum atomic E-state index is -0.719. The van der Waals surface area contributed by atoms with Crippen LogP contribution in [0.4, 0.5) is 10.1 Å². The van der Waals surface area contributed by atoms with Crippen molar-refractivity contribution in [3.8, 4) is 23.0 Å². The number of ether oxygens (including phenoxy) is 4. The summed E-state index contributed by atoms with van der Waals surface area (Å²) in [7, 11) is 7.85. The number of carbonyl (C=O) groups excluding carboxylic acids is 2. The second-order valence-electron chi connectivity index (χ2n) is 10.0. The number of methoxy groups -OCH3 is 4. The van der Waals surface area contributed by atoms with Crippen molar-refractivity contribution in [2.45, 2.75) is 12.0 Å². The van der Waals surface area contributed by atoms with E-state index < -0.39 is 12.0 Å². The largest absolute Gasteiger partial charge is 0.493 e. The van der Waals surface area contributed by atoms with Crippen LogP contribution in [-0.2, 0) is 4.79 Å².